The molecule has 4 N–H and O–H groups in total. The number of nitrogens with one attached hydrogen (secondary N) is 1. The normalized spacial score (nSPS) is 13.6. The fourth-order valence-electron chi connectivity index (χ4n) is 1.73. The number of carboxylic acid groups (broad SMARTS) is 1. The van der Waals surface area contributed by atoms with E-state index in [0.717, 1.165) is 0 Å². The SMILES string of the molecule is CCCC(C)(NC(=O)c1ccc(Br)c(N)c1)C(=O)O. The molecular weight excluding hydrogens is 312 g/mol. The van der Waals surface area contributed by atoms with Crippen LogP contribution in [0.1, 0.15) is 37.0 Å². The van der Waals surface area contributed by atoms with Crippen LogP contribution in [0.5, 0.6) is 0 Å². The first-order valence-corrected chi connectivity index (χ1v) is 6.70. The van der Waals surface area contributed by atoms with Gasteiger partial charge in [0.15, 0.2) is 0 Å². The molecule has 104 valence electrons. The number of nitrogens with two attached hydrogens (primary N) is 1. The number of anilines is 1. The summed E-state index contributed by atoms with van der Waals surface area (Å²) in [5, 5.41) is 11.8. The van der Waals surface area contributed by atoms with Gasteiger partial charge in [0.2, 0.25) is 0 Å². The number of benzene rings is 1. The Kier molecular flexibility index (Phi) is 4.94. The zero-order valence-electron chi connectivity index (χ0n) is 10.9. The van der Waals surface area contributed by atoms with Crippen LogP contribution < -0.4 is 11.1 Å². The quantitative estimate of drug-likeness (QED) is 0.723. The molecular formula is C13H17BrN2O3. The van der Waals surface area contributed by atoms with Gasteiger partial charge in [0, 0.05) is 15.7 Å². The maximum Gasteiger partial charge on any atom is 0.329 e. The van der Waals surface area contributed by atoms with Crippen LogP contribution in [-0.4, -0.2) is 22.5 Å². The average Bonchev–Trinajstić information content (AvgIpc) is 2.32. The van der Waals surface area contributed by atoms with E-state index in [1.807, 2.05) is 6.92 Å². The summed E-state index contributed by atoms with van der Waals surface area (Å²) in [5.74, 6) is -1.50. The Morgan fingerprint density at radius 3 is 2.58 bits per heavy atom. The smallest absolute Gasteiger partial charge is 0.329 e. The molecule has 0 radical (unpaired) electrons. The number of hydrogen-bond acceptors (Lipinski definition) is 3. The lowest BCUT2D eigenvalue weighted by molar-refractivity contribution is -0.144. The predicted octanol–water partition coefficient (Wildman–Crippen LogP) is 2.40. The lowest BCUT2D eigenvalue weighted by Gasteiger charge is -2.25. The third kappa shape index (κ3) is 3.70. The van der Waals surface area contributed by atoms with Gasteiger partial charge >= 0.3 is 5.97 Å². The molecule has 19 heavy (non-hydrogen) atoms. The lowest BCUT2D eigenvalue weighted by atomic mass is 9.95. The van der Waals surface area contributed by atoms with Crippen molar-refractivity contribution in [2.75, 3.05) is 5.73 Å². The van der Waals surface area contributed by atoms with Gasteiger partial charge in [-0.1, -0.05) is 13.3 Å². The molecule has 1 atom stereocenters. The number of halogens is 1. The van der Waals surface area contributed by atoms with Gasteiger partial charge in [0.25, 0.3) is 5.91 Å². The molecule has 0 aliphatic rings. The third-order valence-corrected chi connectivity index (χ3v) is 3.59. The number of rotatable bonds is 5. The second-order valence-corrected chi connectivity index (χ2v) is 5.43. The molecule has 1 amide bonds. The maximum absolute atomic E-state index is 12.1. The van der Waals surface area contributed by atoms with Gasteiger partial charge in [-0.15, -0.1) is 0 Å². The number of amides is 1. The molecule has 0 heterocycles. The monoisotopic (exact) mass is 328 g/mol. The van der Waals surface area contributed by atoms with Crippen LogP contribution in [0.15, 0.2) is 22.7 Å². The second kappa shape index (κ2) is 6.06. The molecule has 0 spiro atoms. The highest BCUT2D eigenvalue weighted by Crippen LogP contribution is 2.21. The van der Waals surface area contributed by atoms with Crippen LogP contribution in [0.4, 0.5) is 5.69 Å². The molecule has 0 aliphatic heterocycles. The molecule has 1 unspecified atom stereocenters. The van der Waals surface area contributed by atoms with Crippen molar-refractivity contribution in [3.05, 3.63) is 28.2 Å². The molecule has 1 aromatic carbocycles. The van der Waals surface area contributed by atoms with E-state index < -0.39 is 17.4 Å². The predicted molar refractivity (Wildman–Crippen MR) is 77.0 cm³/mol. The van der Waals surface area contributed by atoms with Gasteiger partial charge < -0.3 is 16.2 Å². The van der Waals surface area contributed by atoms with Gasteiger partial charge in [-0.3, -0.25) is 4.79 Å². The Balaban J connectivity index is 2.94. The van der Waals surface area contributed by atoms with Crippen LogP contribution in [0, 0.1) is 0 Å². The highest BCUT2D eigenvalue weighted by Gasteiger charge is 2.34. The highest BCUT2D eigenvalue weighted by molar-refractivity contribution is 9.10. The summed E-state index contributed by atoms with van der Waals surface area (Å²) in [6.45, 7) is 3.36. The van der Waals surface area contributed by atoms with E-state index in [1.54, 1.807) is 12.1 Å². The number of carbonyl (C=O) groups is 2. The first kappa shape index (κ1) is 15.5. The Bertz CT molecular complexity index is 505. The summed E-state index contributed by atoms with van der Waals surface area (Å²) in [7, 11) is 0. The lowest BCUT2D eigenvalue weighted by Crippen LogP contribution is -2.52. The molecule has 0 aromatic heterocycles. The van der Waals surface area contributed by atoms with Gasteiger partial charge in [-0.05, 0) is 47.5 Å². The van der Waals surface area contributed by atoms with Crippen molar-refractivity contribution in [1.29, 1.82) is 0 Å². The van der Waals surface area contributed by atoms with E-state index in [2.05, 4.69) is 21.2 Å². The minimum absolute atomic E-state index is 0.337. The Morgan fingerprint density at radius 2 is 2.11 bits per heavy atom. The summed E-state index contributed by atoms with van der Waals surface area (Å²) >= 11 is 3.24. The summed E-state index contributed by atoms with van der Waals surface area (Å²) in [4.78, 5) is 23.3. The minimum Gasteiger partial charge on any atom is -0.480 e. The standard InChI is InChI=1S/C13H17BrN2O3/c1-3-6-13(2,12(18)19)16-11(17)8-4-5-9(14)10(15)7-8/h4-5,7H,3,6,15H2,1-2H3,(H,16,17)(H,18,19). The van der Waals surface area contributed by atoms with E-state index in [-0.39, 0.29) is 0 Å². The van der Waals surface area contributed by atoms with Crippen LogP contribution in [0.3, 0.4) is 0 Å². The Hall–Kier alpha value is -1.56. The van der Waals surface area contributed by atoms with Crippen LogP contribution in [0.2, 0.25) is 0 Å². The number of aliphatic carboxylic acids is 1. The molecule has 0 saturated heterocycles. The first-order valence-electron chi connectivity index (χ1n) is 5.91. The number of carboxylic acids is 1. The number of nitrogen functional groups attached to an aromatic ring is 1. The average molecular weight is 329 g/mol. The molecule has 6 heteroatoms. The highest BCUT2D eigenvalue weighted by atomic mass is 79.9. The summed E-state index contributed by atoms with van der Waals surface area (Å²) < 4.78 is 0.693. The minimum atomic E-state index is -1.27. The van der Waals surface area contributed by atoms with Crippen molar-refractivity contribution in [1.82, 2.24) is 5.32 Å². The van der Waals surface area contributed by atoms with Gasteiger partial charge in [0.1, 0.15) is 5.54 Å². The van der Waals surface area contributed by atoms with E-state index in [0.29, 0.717) is 28.6 Å². The fraction of sp³-hybridized carbons (Fsp3) is 0.385. The zero-order valence-corrected chi connectivity index (χ0v) is 12.5. The van der Waals surface area contributed by atoms with Crippen molar-refractivity contribution in [3.8, 4) is 0 Å². The molecule has 0 aliphatic carbocycles. The zero-order chi connectivity index (χ0) is 14.6. The van der Waals surface area contributed by atoms with Gasteiger partial charge in [0.05, 0.1) is 0 Å². The summed E-state index contributed by atoms with van der Waals surface area (Å²) in [5.41, 5.74) is 5.20. The van der Waals surface area contributed by atoms with Crippen molar-refractivity contribution in [2.45, 2.75) is 32.2 Å². The van der Waals surface area contributed by atoms with E-state index in [4.69, 9.17) is 5.73 Å². The number of hydrogen-bond donors (Lipinski definition) is 3. The van der Waals surface area contributed by atoms with Crippen molar-refractivity contribution in [3.63, 3.8) is 0 Å². The molecule has 1 rings (SSSR count). The Morgan fingerprint density at radius 1 is 1.47 bits per heavy atom. The first-order chi connectivity index (χ1) is 8.80. The molecule has 5 nitrogen and oxygen atoms in total. The molecule has 0 bridgehead atoms. The van der Waals surface area contributed by atoms with Gasteiger partial charge in [-0.25, -0.2) is 4.79 Å². The second-order valence-electron chi connectivity index (χ2n) is 4.58. The van der Waals surface area contributed by atoms with E-state index >= 15 is 0 Å². The van der Waals surface area contributed by atoms with E-state index in [1.165, 1.54) is 13.0 Å². The molecule has 0 fully saturated rings. The maximum atomic E-state index is 12.1. The largest absolute Gasteiger partial charge is 0.480 e. The van der Waals surface area contributed by atoms with Crippen molar-refractivity contribution in [2.24, 2.45) is 0 Å². The number of carbonyl (C=O) groups excluding carboxylic acids is 1. The van der Waals surface area contributed by atoms with Crippen LogP contribution in [0.25, 0.3) is 0 Å². The van der Waals surface area contributed by atoms with Crippen molar-refractivity contribution >= 4 is 33.5 Å². The fourth-order valence-corrected chi connectivity index (χ4v) is 1.98. The third-order valence-electron chi connectivity index (χ3n) is 2.87. The van der Waals surface area contributed by atoms with Crippen LogP contribution >= 0.6 is 15.9 Å². The Labute approximate surface area is 120 Å². The van der Waals surface area contributed by atoms with E-state index in [9.17, 15) is 14.7 Å². The van der Waals surface area contributed by atoms with Crippen LogP contribution in [-0.2, 0) is 4.79 Å². The molecule has 1 aromatic rings. The summed E-state index contributed by atoms with van der Waals surface area (Å²) in [6, 6.07) is 4.75. The van der Waals surface area contributed by atoms with Gasteiger partial charge in [-0.2, -0.15) is 0 Å². The molecule has 0 saturated carbocycles. The van der Waals surface area contributed by atoms with Crippen molar-refractivity contribution < 1.29 is 14.7 Å². The summed E-state index contributed by atoms with van der Waals surface area (Å²) in [6.07, 6.45) is 1.02. The topological polar surface area (TPSA) is 92.4 Å².